The van der Waals surface area contributed by atoms with Crippen LogP contribution in [0.5, 0.6) is 0 Å². The first kappa shape index (κ1) is 21.8. The Labute approximate surface area is 177 Å². The predicted octanol–water partition coefficient (Wildman–Crippen LogP) is 2.90. The van der Waals surface area contributed by atoms with Crippen LogP contribution >= 0.6 is 0 Å². The first-order chi connectivity index (χ1) is 14.5. The zero-order valence-corrected chi connectivity index (χ0v) is 17.3. The van der Waals surface area contributed by atoms with Crippen molar-refractivity contribution in [2.24, 2.45) is 0 Å². The van der Waals surface area contributed by atoms with Gasteiger partial charge in [0.05, 0.1) is 0 Å². The number of carbonyl (C=O) groups excluding carboxylic acids is 2. The first-order valence-electron chi connectivity index (χ1n) is 10.2. The number of likely N-dealkylation sites (N-methyl/N-ethyl adjacent to an activating group) is 1. The van der Waals surface area contributed by atoms with Crippen molar-refractivity contribution >= 4 is 23.7 Å². The summed E-state index contributed by atoms with van der Waals surface area (Å²) in [5.74, 6) is -0.363. The van der Waals surface area contributed by atoms with Crippen molar-refractivity contribution in [1.82, 2.24) is 9.80 Å². The van der Waals surface area contributed by atoms with Crippen molar-refractivity contribution in [3.05, 3.63) is 82.9 Å². The molecule has 0 amide bonds. The van der Waals surface area contributed by atoms with Gasteiger partial charge in [-0.05, 0) is 35.9 Å². The van der Waals surface area contributed by atoms with Crippen molar-refractivity contribution in [1.29, 1.82) is 0 Å². The molecule has 0 aliphatic carbocycles. The number of allylic oxidation sites excluding steroid dienone is 1. The van der Waals surface area contributed by atoms with Crippen LogP contribution in [-0.4, -0.2) is 66.3 Å². The molecule has 1 saturated heterocycles. The summed E-state index contributed by atoms with van der Waals surface area (Å²) in [6.45, 7) is 4.77. The molecule has 156 valence electrons. The van der Waals surface area contributed by atoms with Gasteiger partial charge in [-0.1, -0.05) is 60.7 Å². The number of benzene rings is 2. The van der Waals surface area contributed by atoms with Crippen molar-refractivity contribution < 1.29 is 14.7 Å². The van der Waals surface area contributed by atoms with Crippen molar-refractivity contribution in [2.45, 2.75) is 6.54 Å². The van der Waals surface area contributed by atoms with Gasteiger partial charge >= 0.3 is 0 Å². The quantitative estimate of drug-likeness (QED) is 0.542. The Morgan fingerprint density at radius 3 is 2.00 bits per heavy atom. The van der Waals surface area contributed by atoms with Crippen LogP contribution in [0, 0.1) is 0 Å². The van der Waals surface area contributed by atoms with E-state index in [0.717, 1.165) is 43.9 Å². The Bertz CT molecular complexity index is 906. The second kappa shape index (κ2) is 10.8. The second-order valence-electron chi connectivity index (χ2n) is 7.60. The minimum atomic E-state index is -0.490. The number of rotatable bonds is 8. The van der Waals surface area contributed by atoms with Gasteiger partial charge < -0.3 is 10.0 Å². The molecule has 1 aliphatic rings. The molecule has 5 heteroatoms. The zero-order valence-electron chi connectivity index (χ0n) is 17.3. The summed E-state index contributed by atoms with van der Waals surface area (Å²) in [6.07, 6.45) is 6.37. The highest BCUT2D eigenvalue weighted by atomic mass is 16.3. The average Bonchev–Trinajstić information content (AvgIpc) is 2.78. The maximum Gasteiger partial charge on any atom is 0.185 e. The Morgan fingerprint density at radius 1 is 0.867 bits per heavy atom. The minimum Gasteiger partial charge on any atom is -0.388 e. The second-order valence-corrected chi connectivity index (χ2v) is 7.60. The molecular weight excluding hydrogens is 376 g/mol. The monoisotopic (exact) mass is 404 g/mol. The van der Waals surface area contributed by atoms with Gasteiger partial charge in [-0.3, -0.25) is 14.5 Å². The molecule has 1 fully saturated rings. The number of hydrogen-bond acceptors (Lipinski definition) is 5. The third kappa shape index (κ3) is 6.59. The highest BCUT2D eigenvalue weighted by Gasteiger charge is 2.13. The topological polar surface area (TPSA) is 60.9 Å². The minimum absolute atomic E-state index is 0.0290. The lowest BCUT2D eigenvalue weighted by molar-refractivity contribution is -0.117. The summed E-state index contributed by atoms with van der Waals surface area (Å²) in [7, 11) is 2.15. The lowest BCUT2D eigenvalue weighted by Crippen LogP contribution is -2.43. The lowest BCUT2D eigenvalue weighted by Gasteiger charge is -2.32. The SMILES string of the molecule is CN1CCN(Cc2ccc(C(=O)/C=C/c3ccc(/C=C/C(=O)CO)cc3)cc2)CC1. The molecule has 1 aliphatic heterocycles. The maximum absolute atomic E-state index is 12.5. The van der Waals surface area contributed by atoms with Gasteiger partial charge in [0.25, 0.3) is 0 Å². The van der Waals surface area contributed by atoms with Crippen molar-refractivity contribution in [3.63, 3.8) is 0 Å². The molecule has 1 N–H and O–H groups in total. The molecule has 0 bridgehead atoms. The van der Waals surface area contributed by atoms with E-state index in [9.17, 15) is 9.59 Å². The molecule has 1 heterocycles. The Morgan fingerprint density at radius 2 is 1.43 bits per heavy atom. The van der Waals surface area contributed by atoms with Gasteiger partial charge in [0.1, 0.15) is 6.61 Å². The van der Waals surface area contributed by atoms with Crippen LogP contribution in [-0.2, 0) is 11.3 Å². The van der Waals surface area contributed by atoms with Crippen molar-refractivity contribution in [3.8, 4) is 0 Å². The molecule has 0 saturated carbocycles. The fourth-order valence-corrected chi connectivity index (χ4v) is 3.27. The van der Waals surface area contributed by atoms with Gasteiger partial charge in [-0.15, -0.1) is 0 Å². The lowest BCUT2D eigenvalue weighted by atomic mass is 10.1. The Hall–Kier alpha value is -2.86. The van der Waals surface area contributed by atoms with E-state index in [1.54, 1.807) is 18.2 Å². The van der Waals surface area contributed by atoms with Crippen molar-refractivity contribution in [2.75, 3.05) is 39.8 Å². The Kier molecular flexibility index (Phi) is 7.85. The molecule has 5 nitrogen and oxygen atoms in total. The fraction of sp³-hybridized carbons (Fsp3) is 0.280. The average molecular weight is 405 g/mol. The third-order valence-electron chi connectivity index (χ3n) is 5.22. The van der Waals surface area contributed by atoms with E-state index in [2.05, 4.69) is 16.8 Å². The van der Waals surface area contributed by atoms with Gasteiger partial charge in [0.2, 0.25) is 0 Å². The normalized spacial score (nSPS) is 15.8. The van der Waals surface area contributed by atoms with E-state index < -0.39 is 6.61 Å². The third-order valence-corrected chi connectivity index (χ3v) is 5.22. The summed E-state index contributed by atoms with van der Waals surface area (Å²) in [5, 5.41) is 8.72. The zero-order chi connectivity index (χ0) is 21.3. The fourth-order valence-electron chi connectivity index (χ4n) is 3.27. The van der Waals surface area contributed by atoms with Crippen LogP contribution in [0.4, 0.5) is 0 Å². The summed E-state index contributed by atoms with van der Waals surface area (Å²) in [4.78, 5) is 28.3. The predicted molar refractivity (Wildman–Crippen MR) is 120 cm³/mol. The van der Waals surface area contributed by atoms with E-state index in [-0.39, 0.29) is 11.6 Å². The standard InChI is InChI=1S/C25H28N2O3/c1-26-14-16-27(17-15-26)18-22-6-10-23(11-7-22)25(30)13-9-21-4-2-20(3-5-21)8-12-24(29)19-28/h2-13,28H,14-19H2,1H3/b12-8+,13-9+. The van der Waals surface area contributed by atoms with E-state index in [0.29, 0.717) is 5.56 Å². The number of aliphatic hydroxyl groups excluding tert-OH is 1. The molecule has 30 heavy (non-hydrogen) atoms. The van der Waals surface area contributed by atoms with Crippen LogP contribution in [0.15, 0.2) is 60.7 Å². The number of hydrogen-bond donors (Lipinski definition) is 1. The van der Waals surface area contributed by atoms with Crippen LogP contribution in [0.25, 0.3) is 12.2 Å². The molecule has 0 atom stereocenters. The van der Waals surface area contributed by atoms with Crippen LogP contribution in [0.1, 0.15) is 27.0 Å². The van der Waals surface area contributed by atoms with Crippen LogP contribution in [0.3, 0.4) is 0 Å². The molecule has 2 aromatic carbocycles. The number of aliphatic hydroxyl groups is 1. The van der Waals surface area contributed by atoms with Gasteiger partial charge in [0, 0.05) is 38.3 Å². The summed E-state index contributed by atoms with van der Waals surface area (Å²) < 4.78 is 0. The molecule has 2 aromatic rings. The Balaban J connectivity index is 1.54. The van der Waals surface area contributed by atoms with Gasteiger partial charge in [-0.2, -0.15) is 0 Å². The highest BCUT2D eigenvalue weighted by Crippen LogP contribution is 2.12. The maximum atomic E-state index is 12.5. The summed E-state index contributed by atoms with van der Waals surface area (Å²) >= 11 is 0. The van der Waals surface area contributed by atoms with E-state index in [1.165, 1.54) is 11.6 Å². The van der Waals surface area contributed by atoms with E-state index in [1.807, 2.05) is 48.5 Å². The number of ketones is 2. The van der Waals surface area contributed by atoms with E-state index >= 15 is 0 Å². The van der Waals surface area contributed by atoms with Gasteiger partial charge in [0.15, 0.2) is 11.6 Å². The number of nitrogens with zero attached hydrogens (tertiary/aromatic N) is 2. The van der Waals surface area contributed by atoms with Crippen LogP contribution < -0.4 is 0 Å². The molecule has 0 unspecified atom stereocenters. The number of carbonyl (C=O) groups is 2. The number of piperazine rings is 1. The summed E-state index contributed by atoms with van der Waals surface area (Å²) in [5.41, 5.74) is 3.66. The van der Waals surface area contributed by atoms with Gasteiger partial charge in [-0.25, -0.2) is 0 Å². The highest BCUT2D eigenvalue weighted by molar-refractivity contribution is 6.06. The molecule has 0 radical (unpaired) electrons. The van der Waals surface area contributed by atoms with E-state index in [4.69, 9.17) is 5.11 Å². The van der Waals surface area contributed by atoms with Crippen LogP contribution in [0.2, 0.25) is 0 Å². The smallest absolute Gasteiger partial charge is 0.185 e. The largest absolute Gasteiger partial charge is 0.388 e. The first-order valence-corrected chi connectivity index (χ1v) is 10.2. The molecule has 0 aromatic heterocycles. The molecule has 0 spiro atoms. The molecular formula is C25H28N2O3. The molecule has 3 rings (SSSR count). The summed E-state index contributed by atoms with van der Waals surface area (Å²) in [6, 6.07) is 15.3.